The van der Waals surface area contributed by atoms with Crippen LogP contribution in [-0.2, 0) is 6.42 Å². The van der Waals surface area contributed by atoms with E-state index < -0.39 is 5.97 Å². The first-order valence-corrected chi connectivity index (χ1v) is 7.45. The van der Waals surface area contributed by atoms with Crippen molar-refractivity contribution in [3.05, 3.63) is 58.7 Å². The summed E-state index contributed by atoms with van der Waals surface area (Å²) in [6.07, 6.45) is 0.916. The van der Waals surface area contributed by atoms with Crippen LogP contribution in [0.2, 0.25) is 0 Å². The Morgan fingerprint density at radius 2 is 1.78 bits per heavy atom. The van der Waals surface area contributed by atoms with Crippen LogP contribution in [0.25, 0.3) is 0 Å². The van der Waals surface area contributed by atoms with Crippen LogP contribution >= 0.6 is 0 Å². The molecule has 0 radical (unpaired) electrons. The molecule has 0 bridgehead atoms. The lowest BCUT2D eigenvalue weighted by Crippen LogP contribution is -2.30. The molecule has 0 saturated carbocycles. The molecule has 1 heterocycles. The van der Waals surface area contributed by atoms with Gasteiger partial charge in [0, 0.05) is 6.54 Å². The highest BCUT2D eigenvalue weighted by Crippen LogP contribution is 2.37. The Morgan fingerprint density at radius 3 is 2.39 bits per heavy atom. The molecular weight excluding hydrogens is 294 g/mol. The fraction of sp³-hybridized carbons (Fsp3) is 0.278. The molecule has 5 heteroatoms. The summed E-state index contributed by atoms with van der Waals surface area (Å²) in [6.45, 7) is 0.855. The molecule has 1 aliphatic heterocycles. The molecule has 0 unspecified atom stereocenters. The number of methoxy groups -OCH3 is 2. The SMILES string of the molecule is COc1cc2c(cc1OC)[C@H](c1ccc(C(=O)O)cc1)NCC2. The molecule has 2 aromatic carbocycles. The summed E-state index contributed by atoms with van der Waals surface area (Å²) >= 11 is 0. The van der Waals surface area contributed by atoms with Gasteiger partial charge < -0.3 is 19.9 Å². The van der Waals surface area contributed by atoms with Crippen molar-refractivity contribution in [1.29, 1.82) is 0 Å². The lowest BCUT2D eigenvalue weighted by molar-refractivity contribution is 0.0697. The molecule has 3 rings (SSSR count). The largest absolute Gasteiger partial charge is 0.493 e. The van der Waals surface area contributed by atoms with Crippen molar-refractivity contribution in [3.63, 3.8) is 0 Å². The number of hydrogen-bond acceptors (Lipinski definition) is 4. The van der Waals surface area contributed by atoms with E-state index in [1.807, 2.05) is 24.3 Å². The van der Waals surface area contributed by atoms with E-state index in [4.69, 9.17) is 14.6 Å². The van der Waals surface area contributed by atoms with Gasteiger partial charge in [0.2, 0.25) is 0 Å². The Labute approximate surface area is 134 Å². The second-order valence-corrected chi connectivity index (χ2v) is 5.47. The number of benzene rings is 2. The summed E-state index contributed by atoms with van der Waals surface area (Å²) in [6, 6.07) is 11.0. The predicted molar refractivity (Wildman–Crippen MR) is 86.5 cm³/mol. The molecule has 0 aromatic heterocycles. The van der Waals surface area contributed by atoms with Crippen molar-refractivity contribution in [3.8, 4) is 11.5 Å². The third kappa shape index (κ3) is 2.87. The van der Waals surface area contributed by atoms with E-state index in [9.17, 15) is 4.79 Å². The number of fused-ring (bicyclic) bond motifs is 1. The van der Waals surface area contributed by atoms with Crippen LogP contribution in [0.3, 0.4) is 0 Å². The zero-order valence-electron chi connectivity index (χ0n) is 13.1. The van der Waals surface area contributed by atoms with E-state index in [1.165, 1.54) is 5.56 Å². The molecule has 2 aromatic rings. The minimum absolute atomic E-state index is 0.0152. The van der Waals surface area contributed by atoms with Crippen molar-refractivity contribution in [2.75, 3.05) is 20.8 Å². The quantitative estimate of drug-likeness (QED) is 0.908. The van der Waals surface area contributed by atoms with Crippen molar-refractivity contribution < 1.29 is 19.4 Å². The van der Waals surface area contributed by atoms with Gasteiger partial charge in [0.25, 0.3) is 0 Å². The molecular formula is C18H19NO4. The topological polar surface area (TPSA) is 67.8 Å². The second-order valence-electron chi connectivity index (χ2n) is 5.47. The van der Waals surface area contributed by atoms with Crippen molar-refractivity contribution >= 4 is 5.97 Å². The Hall–Kier alpha value is -2.53. The van der Waals surface area contributed by atoms with Gasteiger partial charge in [0.1, 0.15) is 0 Å². The molecule has 0 saturated heterocycles. The minimum atomic E-state index is -0.917. The summed E-state index contributed by atoms with van der Waals surface area (Å²) in [4.78, 5) is 11.0. The van der Waals surface area contributed by atoms with Crippen LogP contribution in [0, 0.1) is 0 Å². The average Bonchev–Trinajstić information content (AvgIpc) is 2.60. The summed E-state index contributed by atoms with van der Waals surface area (Å²) < 4.78 is 10.8. The number of nitrogens with one attached hydrogen (secondary N) is 1. The number of rotatable bonds is 4. The highest BCUT2D eigenvalue weighted by Gasteiger charge is 2.24. The van der Waals surface area contributed by atoms with E-state index in [-0.39, 0.29) is 11.6 Å². The first-order valence-electron chi connectivity index (χ1n) is 7.45. The summed E-state index contributed by atoms with van der Waals surface area (Å²) in [5, 5.41) is 12.5. The molecule has 23 heavy (non-hydrogen) atoms. The van der Waals surface area contributed by atoms with Gasteiger partial charge in [-0.05, 0) is 47.4 Å². The molecule has 0 fully saturated rings. The van der Waals surface area contributed by atoms with Gasteiger partial charge in [-0.3, -0.25) is 0 Å². The maximum atomic E-state index is 11.0. The fourth-order valence-corrected chi connectivity index (χ4v) is 3.00. The van der Waals surface area contributed by atoms with Crippen LogP contribution in [0.5, 0.6) is 11.5 Å². The number of aromatic carboxylic acids is 1. The number of carboxylic acids is 1. The molecule has 0 spiro atoms. The van der Waals surface area contributed by atoms with E-state index in [0.29, 0.717) is 5.75 Å². The Kier molecular flexibility index (Phi) is 4.21. The molecule has 0 amide bonds. The van der Waals surface area contributed by atoms with Gasteiger partial charge in [-0.15, -0.1) is 0 Å². The first-order chi connectivity index (χ1) is 11.1. The highest BCUT2D eigenvalue weighted by molar-refractivity contribution is 5.87. The monoisotopic (exact) mass is 313 g/mol. The summed E-state index contributed by atoms with van der Waals surface area (Å²) in [7, 11) is 3.25. The zero-order valence-corrected chi connectivity index (χ0v) is 13.1. The number of hydrogen-bond donors (Lipinski definition) is 2. The molecule has 1 atom stereocenters. The van der Waals surface area contributed by atoms with E-state index >= 15 is 0 Å². The first kappa shape index (κ1) is 15.4. The number of ether oxygens (including phenoxy) is 2. The minimum Gasteiger partial charge on any atom is -0.493 e. The van der Waals surface area contributed by atoms with E-state index in [2.05, 4.69) is 5.32 Å². The molecule has 5 nitrogen and oxygen atoms in total. The maximum Gasteiger partial charge on any atom is 0.335 e. The third-order valence-corrected chi connectivity index (χ3v) is 4.19. The van der Waals surface area contributed by atoms with Crippen LogP contribution < -0.4 is 14.8 Å². The lowest BCUT2D eigenvalue weighted by Gasteiger charge is -2.28. The van der Waals surface area contributed by atoms with Crippen LogP contribution in [-0.4, -0.2) is 31.8 Å². The van der Waals surface area contributed by atoms with Crippen molar-refractivity contribution in [2.24, 2.45) is 0 Å². The van der Waals surface area contributed by atoms with Crippen LogP contribution in [0.4, 0.5) is 0 Å². The molecule has 1 aliphatic rings. The summed E-state index contributed by atoms with van der Waals surface area (Å²) in [5.74, 6) is 0.509. The maximum absolute atomic E-state index is 11.0. The number of carbonyl (C=O) groups is 1. The van der Waals surface area contributed by atoms with E-state index in [1.54, 1.807) is 26.4 Å². The molecule has 0 aliphatic carbocycles. The van der Waals surface area contributed by atoms with Crippen LogP contribution in [0.15, 0.2) is 36.4 Å². The van der Waals surface area contributed by atoms with Crippen molar-refractivity contribution in [2.45, 2.75) is 12.5 Å². The molecule has 2 N–H and O–H groups in total. The zero-order chi connectivity index (χ0) is 16.4. The van der Waals surface area contributed by atoms with E-state index in [0.717, 1.165) is 29.8 Å². The normalized spacial score (nSPS) is 16.5. The van der Waals surface area contributed by atoms with Gasteiger partial charge in [-0.25, -0.2) is 4.79 Å². The fourth-order valence-electron chi connectivity index (χ4n) is 3.00. The summed E-state index contributed by atoms with van der Waals surface area (Å²) in [5.41, 5.74) is 3.67. The standard InChI is InChI=1S/C18H19NO4/c1-22-15-9-13-7-8-19-17(14(13)10-16(15)23-2)11-3-5-12(6-4-11)18(20)21/h3-6,9-10,17,19H,7-8H2,1-2H3,(H,20,21)/t17-/m0/s1. The van der Waals surface area contributed by atoms with Gasteiger partial charge in [-0.1, -0.05) is 12.1 Å². The van der Waals surface area contributed by atoms with Crippen molar-refractivity contribution in [1.82, 2.24) is 5.32 Å². The Bertz CT molecular complexity index is 725. The Balaban J connectivity index is 2.02. The third-order valence-electron chi connectivity index (χ3n) is 4.19. The lowest BCUT2D eigenvalue weighted by atomic mass is 9.89. The van der Waals surface area contributed by atoms with Gasteiger partial charge >= 0.3 is 5.97 Å². The highest BCUT2D eigenvalue weighted by atomic mass is 16.5. The average molecular weight is 313 g/mol. The second kappa shape index (κ2) is 6.30. The predicted octanol–water partition coefficient (Wildman–Crippen LogP) is 2.64. The van der Waals surface area contributed by atoms with Gasteiger partial charge in [0.15, 0.2) is 11.5 Å². The molecule has 120 valence electrons. The smallest absolute Gasteiger partial charge is 0.335 e. The van der Waals surface area contributed by atoms with Gasteiger partial charge in [0.05, 0.1) is 25.8 Å². The number of carboxylic acid groups (broad SMARTS) is 1. The van der Waals surface area contributed by atoms with Gasteiger partial charge in [-0.2, -0.15) is 0 Å². The Morgan fingerprint density at radius 1 is 1.13 bits per heavy atom. The van der Waals surface area contributed by atoms with Crippen LogP contribution in [0.1, 0.15) is 33.1 Å².